The monoisotopic (exact) mass is 158 g/mol. The quantitative estimate of drug-likeness (QED) is 0.570. The third-order valence-corrected chi connectivity index (χ3v) is 2.66. The Labute approximate surface area is 64.8 Å². The molecule has 0 amide bonds. The molecule has 10 heavy (non-hydrogen) atoms. The van der Waals surface area contributed by atoms with Crippen LogP contribution >= 0.6 is 0 Å². The first-order valence-electron chi connectivity index (χ1n) is 4.16. The van der Waals surface area contributed by atoms with E-state index in [2.05, 4.69) is 19.6 Å². The van der Waals surface area contributed by atoms with Gasteiger partial charge in [0.25, 0.3) is 0 Å². The molecule has 0 aromatic rings. The van der Waals surface area contributed by atoms with Crippen LogP contribution in [0, 0.1) is 5.92 Å². The highest BCUT2D eigenvalue weighted by molar-refractivity contribution is 6.76. The summed E-state index contributed by atoms with van der Waals surface area (Å²) < 4.78 is 5.58. The van der Waals surface area contributed by atoms with E-state index in [-0.39, 0.29) is 0 Å². The lowest BCUT2D eigenvalue weighted by Crippen LogP contribution is -2.28. The van der Waals surface area contributed by atoms with Crippen molar-refractivity contribution in [1.82, 2.24) is 0 Å². The van der Waals surface area contributed by atoms with Gasteiger partial charge in [-0.15, -0.1) is 0 Å². The summed E-state index contributed by atoms with van der Waals surface area (Å²) >= 11 is 0. The lowest BCUT2D eigenvalue weighted by atomic mass is 10.5. The maximum absolute atomic E-state index is 5.58. The Kier molecular flexibility index (Phi) is 2.53. The Morgan fingerprint density at radius 3 is 2.30 bits per heavy atom. The second kappa shape index (κ2) is 3.05. The van der Waals surface area contributed by atoms with Crippen molar-refractivity contribution in [3.63, 3.8) is 0 Å². The van der Waals surface area contributed by atoms with E-state index in [1.807, 2.05) is 0 Å². The van der Waals surface area contributed by atoms with Gasteiger partial charge >= 0.3 is 0 Å². The number of hydrogen-bond acceptors (Lipinski definition) is 1. The maximum Gasteiger partial charge on any atom is 0.0746 e. The Hall–Kier alpha value is 0.177. The molecule has 0 aromatic carbocycles. The summed E-state index contributed by atoms with van der Waals surface area (Å²) in [6, 6.07) is 0. The fraction of sp³-hybridized carbons (Fsp3) is 1.00. The Morgan fingerprint density at radius 1 is 1.30 bits per heavy atom. The third kappa shape index (κ3) is 4.07. The second-order valence-corrected chi connectivity index (χ2v) is 9.93. The van der Waals surface area contributed by atoms with E-state index in [1.165, 1.54) is 12.8 Å². The summed E-state index contributed by atoms with van der Waals surface area (Å²) in [6.07, 6.45) is 3.86. The van der Waals surface area contributed by atoms with Gasteiger partial charge in [-0.05, 0) is 18.8 Å². The molecule has 0 atom stereocenters. The van der Waals surface area contributed by atoms with E-state index in [0.29, 0.717) is 0 Å². The van der Waals surface area contributed by atoms with Gasteiger partial charge in [0, 0.05) is 12.8 Å². The van der Waals surface area contributed by atoms with Crippen molar-refractivity contribution in [2.75, 3.05) is 12.8 Å². The van der Waals surface area contributed by atoms with Crippen molar-refractivity contribution in [3.05, 3.63) is 0 Å². The van der Waals surface area contributed by atoms with E-state index >= 15 is 0 Å². The van der Waals surface area contributed by atoms with Gasteiger partial charge in [0.15, 0.2) is 0 Å². The molecule has 1 rings (SSSR count). The predicted molar refractivity (Wildman–Crippen MR) is 46.9 cm³/mol. The first-order valence-corrected chi connectivity index (χ1v) is 7.86. The normalized spacial score (nSPS) is 19.5. The zero-order valence-corrected chi connectivity index (χ0v) is 8.31. The molecule has 0 spiro atoms. The molecule has 1 saturated carbocycles. The Morgan fingerprint density at radius 2 is 1.90 bits per heavy atom. The lowest BCUT2D eigenvalue weighted by molar-refractivity contribution is 0.161. The van der Waals surface area contributed by atoms with Crippen LogP contribution in [0.15, 0.2) is 0 Å². The standard InChI is InChI=1S/C8H18OSi/c1-10(2,3)7-9-6-8-4-5-8/h8H,4-7H2,1-3H3. The van der Waals surface area contributed by atoms with Crippen molar-refractivity contribution < 1.29 is 4.74 Å². The summed E-state index contributed by atoms with van der Waals surface area (Å²) in [4.78, 5) is 0. The van der Waals surface area contributed by atoms with Crippen molar-refractivity contribution in [3.8, 4) is 0 Å². The van der Waals surface area contributed by atoms with Gasteiger partial charge in [0.2, 0.25) is 0 Å². The highest BCUT2D eigenvalue weighted by Crippen LogP contribution is 2.28. The molecule has 0 unspecified atom stereocenters. The minimum Gasteiger partial charge on any atom is -0.384 e. The molecule has 0 aliphatic heterocycles. The van der Waals surface area contributed by atoms with Crippen LogP contribution in [-0.2, 0) is 4.74 Å². The van der Waals surface area contributed by atoms with Crippen LogP contribution < -0.4 is 0 Å². The molecule has 0 N–H and O–H groups in total. The molecule has 0 aromatic heterocycles. The third-order valence-electron chi connectivity index (χ3n) is 1.59. The molecular weight excluding hydrogens is 140 g/mol. The van der Waals surface area contributed by atoms with Gasteiger partial charge in [-0.3, -0.25) is 0 Å². The average Bonchev–Trinajstić information content (AvgIpc) is 2.45. The first-order chi connectivity index (χ1) is 4.58. The number of rotatable bonds is 4. The van der Waals surface area contributed by atoms with Crippen LogP contribution in [0.25, 0.3) is 0 Å². The van der Waals surface area contributed by atoms with Gasteiger partial charge in [-0.2, -0.15) is 0 Å². The SMILES string of the molecule is C[Si](C)(C)COCC1CC1. The lowest BCUT2D eigenvalue weighted by Gasteiger charge is -2.15. The van der Waals surface area contributed by atoms with Gasteiger partial charge in [0.05, 0.1) is 8.07 Å². The van der Waals surface area contributed by atoms with E-state index in [9.17, 15) is 0 Å². The smallest absolute Gasteiger partial charge is 0.0746 e. The molecule has 1 aliphatic carbocycles. The van der Waals surface area contributed by atoms with Crippen LogP contribution in [0.3, 0.4) is 0 Å². The molecule has 1 aliphatic rings. The zero-order chi connectivity index (χ0) is 7.61. The van der Waals surface area contributed by atoms with E-state index in [0.717, 1.165) is 18.8 Å². The number of hydrogen-bond donors (Lipinski definition) is 0. The van der Waals surface area contributed by atoms with E-state index in [4.69, 9.17) is 4.74 Å². The minimum absolute atomic E-state index is 0.918. The van der Waals surface area contributed by atoms with Crippen molar-refractivity contribution in [1.29, 1.82) is 0 Å². The summed E-state index contributed by atoms with van der Waals surface area (Å²) in [5.74, 6) is 0.927. The van der Waals surface area contributed by atoms with E-state index < -0.39 is 8.07 Å². The van der Waals surface area contributed by atoms with E-state index in [1.54, 1.807) is 0 Å². The molecule has 1 nitrogen and oxygen atoms in total. The maximum atomic E-state index is 5.58. The van der Waals surface area contributed by atoms with Gasteiger partial charge < -0.3 is 4.74 Å². The second-order valence-electron chi connectivity index (χ2n) is 4.52. The largest absolute Gasteiger partial charge is 0.384 e. The molecular formula is C8H18OSi. The Bertz CT molecular complexity index is 102. The summed E-state index contributed by atoms with van der Waals surface area (Å²) in [7, 11) is -0.918. The molecule has 1 fully saturated rings. The molecule has 2 heteroatoms. The molecule has 60 valence electrons. The topological polar surface area (TPSA) is 9.23 Å². The van der Waals surface area contributed by atoms with Gasteiger partial charge in [-0.25, -0.2) is 0 Å². The Balaban J connectivity index is 1.93. The molecule has 0 heterocycles. The molecule has 0 saturated heterocycles. The fourth-order valence-corrected chi connectivity index (χ4v) is 1.55. The van der Waals surface area contributed by atoms with Crippen molar-refractivity contribution in [2.45, 2.75) is 32.5 Å². The van der Waals surface area contributed by atoms with Crippen molar-refractivity contribution in [2.24, 2.45) is 5.92 Å². The first kappa shape index (κ1) is 8.28. The van der Waals surface area contributed by atoms with Gasteiger partial charge in [0.1, 0.15) is 0 Å². The highest BCUT2D eigenvalue weighted by atomic mass is 28.3. The van der Waals surface area contributed by atoms with Crippen molar-refractivity contribution >= 4 is 8.07 Å². The molecule has 0 bridgehead atoms. The fourth-order valence-electron chi connectivity index (χ4n) is 0.816. The average molecular weight is 158 g/mol. The zero-order valence-electron chi connectivity index (χ0n) is 7.31. The summed E-state index contributed by atoms with van der Waals surface area (Å²) in [5.41, 5.74) is 0. The predicted octanol–water partition coefficient (Wildman–Crippen LogP) is 2.29. The summed E-state index contributed by atoms with van der Waals surface area (Å²) in [6.45, 7) is 8.07. The van der Waals surface area contributed by atoms with Crippen LogP contribution in [0.4, 0.5) is 0 Å². The summed E-state index contributed by atoms with van der Waals surface area (Å²) in [5, 5.41) is 0. The van der Waals surface area contributed by atoms with Gasteiger partial charge in [-0.1, -0.05) is 19.6 Å². The molecule has 0 radical (unpaired) electrons. The van der Waals surface area contributed by atoms with Crippen LogP contribution in [0.1, 0.15) is 12.8 Å². The highest BCUT2D eigenvalue weighted by Gasteiger charge is 2.22. The minimum atomic E-state index is -0.918. The number of ether oxygens (including phenoxy) is 1. The van der Waals surface area contributed by atoms with Crippen LogP contribution in [0.5, 0.6) is 0 Å². The van der Waals surface area contributed by atoms with Crippen LogP contribution in [-0.4, -0.2) is 20.9 Å². The van der Waals surface area contributed by atoms with Crippen LogP contribution in [0.2, 0.25) is 19.6 Å².